The predicted octanol–water partition coefficient (Wildman–Crippen LogP) is 2.93. The average molecular weight is 401 g/mol. The topological polar surface area (TPSA) is 98.3 Å². The van der Waals surface area contributed by atoms with Gasteiger partial charge >= 0.3 is 0 Å². The van der Waals surface area contributed by atoms with E-state index >= 15 is 0 Å². The van der Waals surface area contributed by atoms with E-state index in [9.17, 15) is 19.7 Å². The minimum Gasteiger partial charge on any atom is -0.340 e. The maximum absolute atomic E-state index is 12.6. The fraction of sp³-hybridized carbons (Fsp3) is 0.211. The Kier molecular flexibility index (Phi) is 5.41. The number of nitro benzene ring substituents is 1. The van der Waals surface area contributed by atoms with Crippen LogP contribution in [0.25, 0.3) is 10.9 Å². The van der Waals surface area contributed by atoms with Crippen molar-refractivity contribution in [3.63, 3.8) is 0 Å². The zero-order valence-electron chi connectivity index (χ0n) is 15.3. The maximum Gasteiger partial charge on any atom is 0.269 e. The Morgan fingerprint density at radius 1 is 1.32 bits per heavy atom. The number of para-hydroxylation sites is 1. The molecular weight excluding hydrogens is 384 g/mol. The van der Waals surface area contributed by atoms with Gasteiger partial charge in [-0.1, -0.05) is 23.7 Å². The van der Waals surface area contributed by atoms with Gasteiger partial charge in [0.1, 0.15) is 6.54 Å². The van der Waals surface area contributed by atoms with Gasteiger partial charge in [0.25, 0.3) is 11.2 Å². The number of aryl methyl sites for hydroxylation is 1. The third-order valence-corrected chi connectivity index (χ3v) is 4.80. The van der Waals surface area contributed by atoms with Crippen LogP contribution in [0.5, 0.6) is 0 Å². The summed E-state index contributed by atoms with van der Waals surface area (Å²) >= 11 is 6.09. The molecule has 1 amide bonds. The number of hydrogen-bond donors (Lipinski definition) is 0. The van der Waals surface area contributed by atoms with Crippen molar-refractivity contribution in [3.05, 3.63) is 79.3 Å². The van der Waals surface area contributed by atoms with Crippen LogP contribution in [-0.4, -0.2) is 32.3 Å². The van der Waals surface area contributed by atoms with Gasteiger partial charge in [0.05, 0.1) is 22.2 Å². The molecule has 0 saturated heterocycles. The van der Waals surface area contributed by atoms with Crippen LogP contribution in [0.3, 0.4) is 0 Å². The second-order valence-electron chi connectivity index (χ2n) is 6.43. The molecule has 0 atom stereocenters. The number of aromatic nitrogens is 2. The molecule has 0 bridgehead atoms. The zero-order valence-corrected chi connectivity index (χ0v) is 16.0. The van der Waals surface area contributed by atoms with Crippen LogP contribution in [0.1, 0.15) is 11.1 Å². The first-order valence-corrected chi connectivity index (χ1v) is 8.77. The molecule has 1 heterocycles. The van der Waals surface area contributed by atoms with Gasteiger partial charge in [-0.2, -0.15) is 0 Å². The largest absolute Gasteiger partial charge is 0.340 e. The molecule has 28 heavy (non-hydrogen) atoms. The molecule has 0 radical (unpaired) electrons. The Morgan fingerprint density at radius 2 is 2.07 bits per heavy atom. The number of carbonyl (C=O) groups excluding carboxylic acids is 1. The van der Waals surface area contributed by atoms with E-state index in [0.29, 0.717) is 21.5 Å². The van der Waals surface area contributed by atoms with Gasteiger partial charge in [0.15, 0.2) is 0 Å². The molecule has 0 aliphatic heterocycles. The van der Waals surface area contributed by atoms with Gasteiger partial charge in [-0.15, -0.1) is 0 Å². The molecule has 144 valence electrons. The number of carbonyl (C=O) groups is 1. The number of nitro groups is 1. The van der Waals surface area contributed by atoms with Gasteiger partial charge < -0.3 is 4.90 Å². The van der Waals surface area contributed by atoms with E-state index in [1.807, 2.05) is 13.0 Å². The van der Waals surface area contributed by atoms with E-state index < -0.39 is 4.92 Å². The lowest BCUT2D eigenvalue weighted by Crippen LogP contribution is -2.33. The van der Waals surface area contributed by atoms with Crippen molar-refractivity contribution < 1.29 is 9.72 Å². The Labute approximate surface area is 165 Å². The second kappa shape index (κ2) is 7.77. The first-order chi connectivity index (χ1) is 13.3. The Balaban J connectivity index is 1.81. The number of likely N-dealkylation sites (N-methyl/N-ethyl adjacent to an activating group) is 1. The Hall–Kier alpha value is -3.26. The first kappa shape index (κ1) is 19.5. The molecule has 0 N–H and O–H groups in total. The van der Waals surface area contributed by atoms with Gasteiger partial charge in [-0.25, -0.2) is 4.98 Å². The van der Waals surface area contributed by atoms with Crippen LogP contribution in [-0.2, 0) is 17.9 Å². The number of hydrogen-bond acceptors (Lipinski definition) is 5. The summed E-state index contributed by atoms with van der Waals surface area (Å²) in [4.78, 5) is 41.2. The number of halogens is 1. The van der Waals surface area contributed by atoms with Crippen molar-refractivity contribution in [1.82, 2.24) is 14.5 Å². The highest BCUT2D eigenvalue weighted by molar-refractivity contribution is 6.31. The molecule has 8 nitrogen and oxygen atoms in total. The molecule has 2 aromatic carbocycles. The summed E-state index contributed by atoms with van der Waals surface area (Å²) in [6, 6.07) is 9.36. The second-order valence-corrected chi connectivity index (χ2v) is 6.84. The zero-order chi connectivity index (χ0) is 20.4. The molecule has 9 heteroatoms. The molecule has 0 unspecified atom stereocenters. The van der Waals surface area contributed by atoms with Crippen LogP contribution < -0.4 is 5.56 Å². The standard InChI is InChI=1S/C19H17ClN4O4/c1-12-4-3-5-15-18(12)21-11-23(19(15)26)10-17(25)22(2)9-13-8-14(24(27)28)6-7-16(13)20/h3-8,11H,9-10H2,1-2H3. The molecule has 0 spiro atoms. The lowest BCUT2D eigenvalue weighted by molar-refractivity contribution is -0.384. The van der Waals surface area contributed by atoms with Crippen LogP contribution in [0.4, 0.5) is 5.69 Å². The van der Waals surface area contributed by atoms with Crippen LogP contribution in [0, 0.1) is 17.0 Å². The monoisotopic (exact) mass is 400 g/mol. The molecule has 0 aliphatic carbocycles. The number of non-ortho nitro benzene ring substituents is 1. The number of fused-ring (bicyclic) bond motifs is 1. The molecule has 1 aromatic heterocycles. The van der Waals surface area contributed by atoms with Crippen molar-refractivity contribution in [1.29, 1.82) is 0 Å². The molecule has 0 fully saturated rings. The fourth-order valence-electron chi connectivity index (χ4n) is 2.86. The summed E-state index contributed by atoms with van der Waals surface area (Å²) in [6.45, 7) is 1.74. The molecule has 0 saturated carbocycles. The van der Waals surface area contributed by atoms with Crippen LogP contribution in [0.15, 0.2) is 47.5 Å². The van der Waals surface area contributed by atoms with Crippen molar-refractivity contribution >= 4 is 34.1 Å². The van der Waals surface area contributed by atoms with E-state index in [4.69, 9.17) is 11.6 Å². The third-order valence-electron chi connectivity index (χ3n) is 4.43. The lowest BCUT2D eigenvalue weighted by Gasteiger charge is -2.18. The Morgan fingerprint density at radius 3 is 2.79 bits per heavy atom. The van der Waals surface area contributed by atoms with Crippen molar-refractivity contribution in [3.8, 4) is 0 Å². The number of amides is 1. The van der Waals surface area contributed by atoms with E-state index in [1.54, 1.807) is 19.2 Å². The maximum atomic E-state index is 12.6. The van der Waals surface area contributed by atoms with Gasteiger partial charge in [-0.05, 0) is 30.2 Å². The summed E-state index contributed by atoms with van der Waals surface area (Å²) in [6.07, 6.45) is 1.35. The van der Waals surface area contributed by atoms with Crippen molar-refractivity contribution in [2.45, 2.75) is 20.0 Å². The lowest BCUT2D eigenvalue weighted by atomic mass is 10.1. The van der Waals surface area contributed by atoms with E-state index in [-0.39, 0.29) is 30.2 Å². The highest BCUT2D eigenvalue weighted by Gasteiger charge is 2.16. The quantitative estimate of drug-likeness (QED) is 0.484. The smallest absolute Gasteiger partial charge is 0.269 e. The summed E-state index contributed by atoms with van der Waals surface area (Å²) in [5, 5.41) is 11.7. The summed E-state index contributed by atoms with van der Waals surface area (Å²) in [5.41, 5.74) is 1.53. The number of nitrogens with zero attached hydrogens (tertiary/aromatic N) is 4. The summed E-state index contributed by atoms with van der Waals surface area (Å²) in [7, 11) is 1.54. The first-order valence-electron chi connectivity index (χ1n) is 8.39. The summed E-state index contributed by atoms with van der Waals surface area (Å²) in [5.74, 6) is -0.349. The highest BCUT2D eigenvalue weighted by Crippen LogP contribution is 2.23. The predicted molar refractivity (Wildman–Crippen MR) is 105 cm³/mol. The fourth-order valence-corrected chi connectivity index (χ4v) is 3.03. The minimum absolute atomic E-state index is 0.0776. The molecule has 0 aliphatic rings. The van der Waals surface area contributed by atoms with Gasteiger partial charge in [0, 0.05) is 30.7 Å². The van der Waals surface area contributed by atoms with E-state index in [2.05, 4.69) is 4.98 Å². The molecular formula is C19H17ClN4O4. The van der Waals surface area contributed by atoms with E-state index in [1.165, 1.54) is 34.0 Å². The highest BCUT2D eigenvalue weighted by atomic mass is 35.5. The van der Waals surface area contributed by atoms with Crippen molar-refractivity contribution in [2.24, 2.45) is 0 Å². The minimum atomic E-state index is -0.524. The average Bonchev–Trinajstić information content (AvgIpc) is 2.66. The third kappa shape index (κ3) is 3.86. The SMILES string of the molecule is Cc1cccc2c(=O)n(CC(=O)N(C)Cc3cc([N+](=O)[O-])ccc3Cl)cnc12. The molecule has 3 rings (SSSR count). The number of benzene rings is 2. The molecule has 3 aromatic rings. The van der Waals surface area contributed by atoms with E-state index in [0.717, 1.165) is 5.56 Å². The van der Waals surface area contributed by atoms with Crippen LogP contribution >= 0.6 is 11.6 Å². The normalized spacial score (nSPS) is 10.8. The summed E-state index contributed by atoms with van der Waals surface area (Å²) < 4.78 is 1.25. The van der Waals surface area contributed by atoms with Gasteiger partial charge in [-0.3, -0.25) is 24.3 Å². The number of rotatable bonds is 5. The Bertz CT molecular complexity index is 1140. The van der Waals surface area contributed by atoms with Gasteiger partial charge in [0.2, 0.25) is 5.91 Å². The van der Waals surface area contributed by atoms with Crippen LogP contribution in [0.2, 0.25) is 5.02 Å². The van der Waals surface area contributed by atoms with Crippen molar-refractivity contribution in [2.75, 3.05) is 7.05 Å².